The van der Waals surface area contributed by atoms with E-state index < -0.39 is 6.10 Å². The van der Waals surface area contributed by atoms with E-state index in [4.69, 9.17) is 21.4 Å². The fraction of sp³-hybridized carbons (Fsp3) is 0.600. The lowest BCUT2D eigenvalue weighted by Crippen LogP contribution is -2.34. The van der Waals surface area contributed by atoms with Gasteiger partial charge in [-0.25, -0.2) is 0 Å². The van der Waals surface area contributed by atoms with Crippen molar-refractivity contribution in [3.8, 4) is 5.75 Å². The molecule has 1 aromatic carbocycles. The molecule has 0 heterocycles. The van der Waals surface area contributed by atoms with Gasteiger partial charge >= 0.3 is 0 Å². The second-order valence-electron chi connectivity index (χ2n) is 4.87. The molecule has 0 saturated heterocycles. The highest BCUT2D eigenvalue weighted by atomic mass is 35.5. The fourth-order valence-electron chi connectivity index (χ4n) is 1.90. The Labute approximate surface area is 125 Å². The van der Waals surface area contributed by atoms with E-state index in [0.717, 1.165) is 19.4 Å². The van der Waals surface area contributed by atoms with Gasteiger partial charge in [-0.15, -0.1) is 0 Å². The number of hydrogen-bond donors (Lipinski definition) is 3. The number of halogens is 1. The molecule has 0 amide bonds. The Hall–Kier alpha value is -0.810. The van der Waals surface area contributed by atoms with Crippen LogP contribution < -0.4 is 10.1 Å². The van der Waals surface area contributed by atoms with Crippen molar-refractivity contribution >= 4 is 11.6 Å². The first-order chi connectivity index (χ1) is 9.65. The van der Waals surface area contributed by atoms with Crippen LogP contribution in [-0.2, 0) is 0 Å². The molecule has 114 valence electrons. The number of rotatable bonds is 10. The van der Waals surface area contributed by atoms with Gasteiger partial charge in [0.25, 0.3) is 0 Å². The van der Waals surface area contributed by atoms with E-state index in [9.17, 15) is 5.11 Å². The van der Waals surface area contributed by atoms with Crippen molar-refractivity contribution in [1.82, 2.24) is 5.32 Å². The van der Waals surface area contributed by atoms with Gasteiger partial charge in [0.15, 0.2) is 0 Å². The van der Waals surface area contributed by atoms with Crippen LogP contribution in [0.3, 0.4) is 0 Å². The highest BCUT2D eigenvalue weighted by Crippen LogP contribution is 2.17. The third-order valence-electron chi connectivity index (χ3n) is 3.17. The van der Waals surface area contributed by atoms with Crippen LogP contribution in [0.4, 0.5) is 0 Å². The van der Waals surface area contributed by atoms with Crippen molar-refractivity contribution in [1.29, 1.82) is 0 Å². The van der Waals surface area contributed by atoms with E-state index >= 15 is 0 Å². The van der Waals surface area contributed by atoms with Crippen LogP contribution in [0.2, 0.25) is 5.02 Å². The minimum Gasteiger partial charge on any atom is -0.491 e. The van der Waals surface area contributed by atoms with Crippen molar-refractivity contribution in [3.05, 3.63) is 29.3 Å². The summed E-state index contributed by atoms with van der Waals surface area (Å²) >= 11 is 5.85. The van der Waals surface area contributed by atoms with E-state index in [-0.39, 0.29) is 13.2 Å². The molecule has 0 bridgehead atoms. The number of hydrogen-bond acceptors (Lipinski definition) is 4. The Kier molecular flexibility index (Phi) is 8.62. The number of nitrogens with one attached hydrogen (secondary N) is 1. The van der Waals surface area contributed by atoms with Crippen molar-refractivity contribution in [2.75, 3.05) is 26.3 Å². The van der Waals surface area contributed by atoms with Crippen molar-refractivity contribution in [2.24, 2.45) is 5.92 Å². The van der Waals surface area contributed by atoms with Crippen LogP contribution in [0.5, 0.6) is 5.75 Å². The van der Waals surface area contributed by atoms with Crippen LogP contribution in [0.25, 0.3) is 0 Å². The molecule has 0 spiro atoms. The predicted molar refractivity (Wildman–Crippen MR) is 81.3 cm³/mol. The third-order valence-corrected chi connectivity index (χ3v) is 3.40. The number of ether oxygens (including phenoxy) is 1. The highest BCUT2D eigenvalue weighted by Gasteiger charge is 2.08. The summed E-state index contributed by atoms with van der Waals surface area (Å²) in [4.78, 5) is 0. The molecule has 0 aliphatic carbocycles. The zero-order valence-corrected chi connectivity index (χ0v) is 12.6. The molecule has 2 unspecified atom stereocenters. The smallest absolute Gasteiger partial charge is 0.120 e. The first-order valence-corrected chi connectivity index (χ1v) is 7.41. The predicted octanol–water partition coefficient (Wildman–Crippen LogP) is 2.08. The molecule has 0 radical (unpaired) electrons. The van der Waals surface area contributed by atoms with E-state index in [1.807, 2.05) is 6.07 Å². The van der Waals surface area contributed by atoms with E-state index in [0.29, 0.717) is 23.2 Å². The molecular formula is C15H24ClNO3. The first kappa shape index (κ1) is 17.2. The largest absolute Gasteiger partial charge is 0.491 e. The topological polar surface area (TPSA) is 61.7 Å². The Morgan fingerprint density at radius 3 is 2.80 bits per heavy atom. The first-order valence-electron chi connectivity index (χ1n) is 7.03. The van der Waals surface area contributed by atoms with Crippen molar-refractivity contribution in [3.63, 3.8) is 0 Å². The second-order valence-corrected chi connectivity index (χ2v) is 5.30. The highest BCUT2D eigenvalue weighted by molar-refractivity contribution is 6.30. The van der Waals surface area contributed by atoms with Gasteiger partial charge in [-0.3, -0.25) is 0 Å². The van der Waals surface area contributed by atoms with Crippen LogP contribution in [-0.4, -0.2) is 42.6 Å². The van der Waals surface area contributed by atoms with Crippen molar-refractivity contribution in [2.45, 2.75) is 25.9 Å². The second kappa shape index (κ2) is 10.00. The monoisotopic (exact) mass is 301 g/mol. The fourth-order valence-corrected chi connectivity index (χ4v) is 2.08. The number of aliphatic hydroxyl groups is 2. The van der Waals surface area contributed by atoms with E-state index in [2.05, 4.69) is 12.2 Å². The molecule has 4 nitrogen and oxygen atoms in total. The van der Waals surface area contributed by atoms with Crippen LogP contribution in [0, 0.1) is 5.92 Å². The van der Waals surface area contributed by atoms with E-state index in [1.165, 1.54) is 0 Å². The number of aliphatic hydroxyl groups excluding tert-OH is 2. The summed E-state index contributed by atoms with van der Waals surface area (Å²) in [5.74, 6) is 1.10. The molecule has 20 heavy (non-hydrogen) atoms. The summed E-state index contributed by atoms with van der Waals surface area (Å²) in [7, 11) is 0. The minimum atomic E-state index is -0.569. The molecule has 0 aliphatic rings. The molecule has 1 rings (SSSR count). The maximum atomic E-state index is 9.83. The average Bonchev–Trinajstić information content (AvgIpc) is 2.44. The van der Waals surface area contributed by atoms with Crippen molar-refractivity contribution < 1.29 is 14.9 Å². The lowest BCUT2D eigenvalue weighted by atomic mass is 10.0. The normalized spacial score (nSPS) is 14.0. The molecule has 2 atom stereocenters. The van der Waals surface area contributed by atoms with Gasteiger partial charge in [-0.1, -0.05) is 31.0 Å². The molecule has 0 fully saturated rings. The lowest BCUT2D eigenvalue weighted by Gasteiger charge is -2.17. The molecule has 1 aromatic rings. The molecular weight excluding hydrogens is 278 g/mol. The third kappa shape index (κ3) is 7.10. The summed E-state index contributed by atoms with van der Waals surface area (Å²) in [5.41, 5.74) is 0. The Bertz CT molecular complexity index is 376. The Morgan fingerprint density at radius 2 is 2.15 bits per heavy atom. The lowest BCUT2D eigenvalue weighted by molar-refractivity contribution is 0.105. The minimum absolute atomic E-state index is 0.209. The summed E-state index contributed by atoms with van der Waals surface area (Å²) in [5, 5.41) is 22.5. The van der Waals surface area contributed by atoms with Gasteiger partial charge in [0.2, 0.25) is 0 Å². The molecule has 0 aromatic heterocycles. The van der Waals surface area contributed by atoms with E-state index in [1.54, 1.807) is 18.2 Å². The summed E-state index contributed by atoms with van der Waals surface area (Å²) in [6, 6.07) is 7.11. The van der Waals surface area contributed by atoms with Crippen LogP contribution in [0.15, 0.2) is 24.3 Å². The summed E-state index contributed by atoms with van der Waals surface area (Å²) < 4.78 is 5.47. The van der Waals surface area contributed by atoms with Gasteiger partial charge in [0.1, 0.15) is 18.5 Å². The summed E-state index contributed by atoms with van der Waals surface area (Å²) in [6.45, 7) is 3.80. The van der Waals surface area contributed by atoms with Gasteiger partial charge in [0, 0.05) is 18.2 Å². The van der Waals surface area contributed by atoms with Gasteiger partial charge in [0.05, 0.1) is 0 Å². The number of benzene rings is 1. The van der Waals surface area contributed by atoms with Gasteiger partial charge in [-0.2, -0.15) is 0 Å². The van der Waals surface area contributed by atoms with Crippen LogP contribution in [0.1, 0.15) is 19.8 Å². The Balaban J connectivity index is 2.18. The molecule has 3 N–H and O–H groups in total. The maximum absolute atomic E-state index is 9.83. The summed E-state index contributed by atoms with van der Waals surface area (Å²) in [6.07, 6.45) is 1.24. The molecule has 5 heteroatoms. The molecule has 0 saturated carbocycles. The zero-order valence-electron chi connectivity index (χ0n) is 11.9. The SMILES string of the molecule is CCC(CCO)CNCC(O)COc1cccc(Cl)c1. The maximum Gasteiger partial charge on any atom is 0.120 e. The van der Waals surface area contributed by atoms with Gasteiger partial charge in [-0.05, 0) is 37.1 Å². The average molecular weight is 302 g/mol. The van der Waals surface area contributed by atoms with Crippen LogP contribution >= 0.6 is 11.6 Å². The van der Waals surface area contributed by atoms with Gasteiger partial charge < -0.3 is 20.3 Å². The Morgan fingerprint density at radius 1 is 1.35 bits per heavy atom. The molecule has 0 aliphatic heterocycles. The zero-order chi connectivity index (χ0) is 14.8. The quantitative estimate of drug-likeness (QED) is 0.619. The standard InChI is InChI=1S/C15H24ClNO3/c1-2-12(6-7-18)9-17-10-14(19)11-20-15-5-3-4-13(16)8-15/h3-5,8,12,14,17-19H,2,6-7,9-11H2,1H3.